The highest BCUT2D eigenvalue weighted by atomic mass is 35.5. The highest BCUT2D eigenvalue weighted by Gasteiger charge is 2.23. The summed E-state index contributed by atoms with van der Waals surface area (Å²) in [5.74, 6) is -0.113. The summed E-state index contributed by atoms with van der Waals surface area (Å²) in [6.45, 7) is 4.13. The minimum Gasteiger partial charge on any atom is -0.465 e. The van der Waals surface area contributed by atoms with E-state index >= 15 is 0 Å². The first-order valence-electron chi connectivity index (χ1n) is 10.5. The Hall–Kier alpha value is -3.09. The van der Waals surface area contributed by atoms with Crippen molar-refractivity contribution >= 4 is 38.5 Å². The first kappa shape index (κ1) is 23.1. The van der Waals surface area contributed by atoms with Crippen LogP contribution in [0, 0.1) is 0 Å². The van der Waals surface area contributed by atoms with E-state index in [1.54, 1.807) is 54.6 Å². The number of methoxy groups -OCH3 is 1. The maximum Gasteiger partial charge on any atom is 0.337 e. The van der Waals surface area contributed by atoms with Crippen LogP contribution >= 0.6 is 11.6 Å². The zero-order valence-corrected chi connectivity index (χ0v) is 20.2. The van der Waals surface area contributed by atoms with Crippen LogP contribution in [0.3, 0.4) is 0 Å². The van der Waals surface area contributed by atoms with Gasteiger partial charge in [0.2, 0.25) is 0 Å². The minimum atomic E-state index is -3.85. The summed E-state index contributed by atoms with van der Waals surface area (Å²) < 4.78 is 33.6. The number of nitrogens with zero attached hydrogens (tertiary/aromatic N) is 1. The molecule has 1 aromatic heterocycles. The molecule has 0 aliphatic carbocycles. The van der Waals surface area contributed by atoms with Gasteiger partial charge < -0.3 is 4.74 Å². The number of halogens is 1. The number of hydrogen-bond donors (Lipinski definition) is 0. The highest BCUT2D eigenvalue weighted by molar-refractivity contribution is 7.90. The predicted molar refractivity (Wildman–Crippen MR) is 131 cm³/mol. The third-order valence-corrected chi connectivity index (χ3v) is 7.65. The number of aromatic nitrogens is 1. The molecule has 170 valence electrons. The van der Waals surface area contributed by atoms with Crippen molar-refractivity contribution < 1.29 is 17.9 Å². The van der Waals surface area contributed by atoms with Gasteiger partial charge in [-0.1, -0.05) is 49.7 Å². The van der Waals surface area contributed by atoms with E-state index in [-0.39, 0.29) is 4.90 Å². The molecule has 0 fully saturated rings. The maximum absolute atomic E-state index is 13.7. The zero-order chi connectivity index (χ0) is 23.8. The summed E-state index contributed by atoms with van der Waals surface area (Å²) in [4.78, 5) is 11.9. The van der Waals surface area contributed by atoms with Gasteiger partial charge in [0.05, 0.1) is 23.1 Å². The first-order chi connectivity index (χ1) is 15.7. The Bertz CT molecular complexity index is 1420. The van der Waals surface area contributed by atoms with Crippen LogP contribution in [0.5, 0.6) is 0 Å². The second-order valence-electron chi connectivity index (χ2n) is 8.20. The molecular formula is C26H24ClNO4S. The van der Waals surface area contributed by atoms with E-state index in [2.05, 4.69) is 13.8 Å². The van der Waals surface area contributed by atoms with Gasteiger partial charge in [-0.3, -0.25) is 0 Å². The number of hydrogen-bond acceptors (Lipinski definition) is 4. The van der Waals surface area contributed by atoms with E-state index in [4.69, 9.17) is 16.3 Å². The summed E-state index contributed by atoms with van der Waals surface area (Å²) >= 11 is 6.18. The van der Waals surface area contributed by atoms with Crippen molar-refractivity contribution in [2.24, 2.45) is 0 Å². The van der Waals surface area contributed by atoms with Crippen LogP contribution in [0.1, 0.15) is 46.9 Å². The Morgan fingerprint density at radius 3 is 2.24 bits per heavy atom. The SMILES string of the molecule is COC(=O)c1ccc(Cc2cc3cc(Cl)ccc3n2S(=O)(=O)c2ccc(C(C)C)cc2)cc1. The average molecular weight is 482 g/mol. The molecule has 33 heavy (non-hydrogen) atoms. The van der Waals surface area contributed by atoms with E-state index < -0.39 is 16.0 Å². The van der Waals surface area contributed by atoms with Crippen LogP contribution in [0.15, 0.2) is 77.7 Å². The van der Waals surface area contributed by atoms with E-state index in [0.29, 0.717) is 34.1 Å². The number of ether oxygens (including phenoxy) is 1. The molecular weight excluding hydrogens is 458 g/mol. The topological polar surface area (TPSA) is 65.4 Å². The molecule has 0 amide bonds. The number of benzene rings is 3. The molecule has 0 N–H and O–H groups in total. The normalized spacial score (nSPS) is 11.8. The molecule has 0 aliphatic heterocycles. The van der Waals surface area contributed by atoms with Gasteiger partial charge in [0.25, 0.3) is 10.0 Å². The van der Waals surface area contributed by atoms with Gasteiger partial charge in [0, 0.05) is 22.5 Å². The van der Waals surface area contributed by atoms with Gasteiger partial charge in [0.15, 0.2) is 0 Å². The second kappa shape index (κ2) is 9.04. The van der Waals surface area contributed by atoms with Gasteiger partial charge in [-0.15, -0.1) is 0 Å². The van der Waals surface area contributed by atoms with Crippen molar-refractivity contribution in [3.63, 3.8) is 0 Å². The quantitative estimate of drug-likeness (QED) is 0.315. The lowest BCUT2D eigenvalue weighted by atomic mass is 10.0. The highest BCUT2D eigenvalue weighted by Crippen LogP contribution is 2.30. The van der Waals surface area contributed by atoms with Crippen molar-refractivity contribution in [1.82, 2.24) is 3.97 Å². The van der Waals surface area contributed by atoms with Crippen LogP contribution < -0.4 is 0 Å². The van der Waals surface area contributed by atoms with Crippen LogP contribution in [0.4, 0.5) is 0 Å². The van der Waals surface area contributed by atoms with E-state index in [0.717, 1.165) is 16.5 Å². The Labute approximate surface area is 198 Å². The molecule has 0 aliphatic rings. The fourth-order valence-corrected chi connectivity index (χ4v) is 5.56. The molecule has 0 bridgehead atoms. The molecule has 0 spiro atoms. The lowest BCUT2D eigenvalue weighted by molar-refractivity contribution is 0.0600. The number of esters is 1. The van der Waals surface area contributed by atoms with E-state index in [1.807, 2.05) is 18.2 Å². The van der Waals surface area contributed by atoms with E-state index in [1.165, 1.54) is 11.1 Å². The Balaban J connectivity index is 1.81. The van der Waals surface area contributed by atoms with Gasteiger partial charge in [-0.25, -0.2) is 17.2 Å². The molecule has 0 saturated heterocycles. The predicted octanol–water partition coefficient (Wildman–Crippen LogP) is 6.03. The summed E-state index contributed by atoms with van der Waals surface area (Å²) in [6.07, 6.45) is 0.358. The Morgan fingerprint density at radius 2 is 1.64 bits per heavy atom. The van der Waals surface area contributed by atoms with Crippen LogP contribution in [0.25, 0.3) is 10.9 Å². The van der Waals surface area contributed by atoms with Crippen molar-refractivity contribution in [3.05, 3.63) is 100 Å². The summed E-state index contributed by atoms with van der Waals surface area (Å²) in [7, 11) is -2.52. The lowest BCUT2D eigenvalue weighted by Gasteiger charge is -2.14. The third-order valence-electron chi connectivity index (χ3n) is 5.64. The monoisotopic (exact) mass is 481 g/mol. The largest absolute Gasteiger partial charge is 0.465 e. The lowest BCUT2D eigenvalue weighted by Crippen LogP contribution is -2.16. The molecule has 4 rings (SSSR count). The molecule has 7 heteroatoms. The fourth-order valence-electron chi connectivity index (χ4n) is 3.84. The molecule has 0 radical (unpaired) electrons. The van der Waals surface area contributed by atoms with Crippen LogP contribution in [-0.4, -0.2) is 25.5 Å². The second-order valence-corrected chi connectivity index (χ2v) is 10.4. The number of carbonyl (C=O) groups is 1. The molecule has 0 atom stereocenters. The molecule has 5 nitrogen and oxygen atoms in total. The smallest absolute Gasteiger partial charge is 0.337 e. The summed E-state index contributed by atoms with van der Waals surface area (Å²) in [6, 6.07) is 21.0. The van der Waals surface area contributed by atoms with Gasteiger partial charge in [0.1, 0.15) is 0 Å². The molecule has 1 heterocycles. The minimum absolute atomic E-state index is 0.224. The first-order valence-corrected chi connectivity index (χ1v) is 12.3. The van der Waals surface area contributed by atoms with Gasteiger partial charge in [-0.05, 0) is 65.6 Å². The van der Waals surface area contributed by atoms with Crippen molar-refractivity contribution in [2.45, 2.75) is 31.1 Å². The molecule has 0 saturated carbocycles. The summed E-state index contributed by atoms with van der Waals surface area (Å²) in [5.41, 5.74) is 3.54. The average Bonchev–Trinajstić information content (AvgIpc) is 3.16. The Morgan fingerprint density at radius 1 is 0.970 bits per heavy atom. The van der Waals surface area contributed by atoms with Crippen molar-refractivity contribution in [3.8, 4) is 0 Å². The van der Waals surface area contributed by atoms with Gasteiger partial charge in [-0.2, -0.15) is 0 Å². The zero-order valence-electron chi connectivity index (χ0n) is 18.6. The number of carbonyl (C=O) groups excluding carboxylic acids is 1. The van der Waals surface area contributed by atoms with Crippen LogP contribution in [0.2, 0.25) is 5.02 Å². The molecule has 4 aromatic rings. The maximum atomic E-state index is 13.7. The molecule has 3 aromatic carbocycles. The summed E-state index contributed by atoms with van der Waals surface area (Å²) in [5, 5.41) is 1.28. The number of rotatable bonds is 6. The fraction of sp³-hybridized carbons (Fsp3) is 0.192. The van der Waals surface area contributed by atoms with E-state index in [9.17, 15) is 13.2 Å². The Kier molecular flexibility index (Phi) is 6.32. The van der Waals surface area contributed by atoms with Gasteiger partial charge >= 0.3 is 5.97 Å². The third kappa shape index (κ3) is 4.54. The molecule has 0 unspecified atom stereocenters. The van der Waals surface area contributed by atoms with Crippen molar-refractivity contribution in [2.75, 3.05) is 7.11 Å². The van der Waals surface area contributed by atoms with Crippen molar-refractivity contribution in [1.29, 1.82) is 0 Å². The van der Waals surface area contributed by atoms with Crippen LogP contribution in [-0.2, 0) is 21.2 Å². The standard InChI is InChI=1S/C26H24ClNO4S/c1-17(2)19-8-11-24(12-9-19)33(30,31)28-23(16-21-15-22(27)10-13-25(21)28)14-18-4-6-20(7-5-18)26(29)32-3/h4-13,15-17H,14H2,1-3H3. The number of fused-ring (bicyclic) bond motifs is 1.